The molecular weight excluding hydrogens is 416 g/mol. The van der Waals surface area contributed by atoms with Crippen LogP contribution in [0.25, 0.3) is 0 Å². The van der Waals surface area contributed by atoms with E-state index in [1.54, 1.807) is 12.1 Å². The number of aliphatic hydroxyl groups is 2. The molecule has 2 atom stereocenters. The Morgan fingerprint density at radius 1 is 0.970 bits per heavy atom. The summed E-state index contributed by atoms with van der Waals surface area (Å²) in [6.45, 7) is 2.65. The van der Waals surface area contributed by atoms with Crippen LogP contribution in [0.2, 0.25) is 0 Å². The molecule has 0 fully saturated rings. The molecule has 3 aromatic carbocycles. The predicted molar refractivity (Wildman–Crippen MR) is 129 cm³/mol. The number of benzene rings is 3. The van der Waals surface area contributed by atoms with Crippen LogP contribution in [-0.4, -0.2) is 40.4 Å². The highest BCUT2D eigenvalue weighted by atomic mass is 16.3. The standard InChI is InChI=1S/C27H32N2O4/c1-19(29-17-26(32)22-10-11-25(31)24(16-22)18-30)14-21-8-5-9-23(15-21)27(33)28-13-12-20-6-3-2-4-7-20/h2-11,15-16,19,26,29-32H,12-14,17-18H2,1H3,(H,28,33)/t19?,26-/m0/s1. The van der Waals surface area contributed by atoms with Gasteiger partial charge in [0.2, 0.25) is 0 Å². The Labute approximate surface area is 194 Å². The summed E-state index contributed by atoms with van der Waals surface area (Å²) in [7, 11) is 0. The van der Waals surface area contributed by atoms with Crippen LogP contribution in [0.15, 0.2) is 72.8 Å². The first-order valence-electron chi connectivity index (χ1n) is 11.2. The molecule has 0 bridgehead atoms. The molecule has 0 saturated carbocycles. The molecule has 0 aliphatic heterocycles. The quantitative estimate of drug-likeness (QED) is 0.310. The maximum Gasteiger partial charge on any atom is 0.251 e. The summed E-state index contributed by atoms with van der Waals surface area (Å²) in [6, 6.07) is 22.4. The van der Waals surface area contributed by atoms with E-state index in [0.29, 0.717) is 36.2 Å². The molecular formula is C27H32N2O4. The van der Waals surface area contributed by atoms with Crippen LogP contribution >= 0.6 is 0 Å². The van der Waals surface area contributed by atoms with Gasteiger partial charge in [-0.3, -0.25) is 4.79 Å². The van der Waals surface area contributed by atoms with Crippen LogP contribution in [0, 0.1) is 0 Å². The summed E-state index contributed by atoms with van der Waals surface area (Å²) < 4.78 is 0. The lowest BCUT2D eigenvalue weighted by atomic mass is 10.0. The molecule has 3 rings (SSSR count). The van der Waals surface area contributed by atoms with Crippen LogP contribution < -0.4 is 10.6 Å². The maximum absolute atomic E-state index is 12.5. The minimum atomic E-state index is -0.764. The zero-order valence-electron chi connectivity index (χ0n) is 18.9. The maximum atomic E-state index is 12.5. The zero-order valence-corrected chi connectivity index (χ0v) is 18.9. The number of aromatic hydroxyl groups is 1. The fourth-order valence-electron chi connectivity index (χ4n) is 3.70. The SMILES string of the molecule is CC(Cc1cccc(C(=O)NCCc2ccccc2)c1)NC[C@H](O)c1ccc(O)c(CO)c1. The van der Waals surface area contributed by atoms with Crippen molar-refractivity contribution < 1.29 is 20.1 Å². The highest BCUT2D eigenvalue weighted by Gasteiger charge is 2.13. The van der Waals surface area contributed by atoms with E-state index in [1.165, 1.54) is 11.6 Å². The molecule has 1 unspecified atom stereocenters. The van der Waals surface area contributed by atoms with E-state index in [1.807, 2.05) is 61.5 Å². The topological polar surface area (TPSA) is 102 Å². The van der Waals surface area contributed by atoms with Gasteiger partial charge in [0.15, 0.2) is 0 Å². The molecule has 0 aliphatic rings. The number of aliphatic hydroxyl groups excluding tert-OH is 2. The third-order valence-corrected chi connectivity index (χ3v) is 5.59. The molecule has 6 heteroatoms. The molecule has 0 saturated heterocycles. The summed E-state index contributed by atoms with van der Waals surface area (Å²) >= 11 is 0. The van der Waals surface area contributed by atoms with Crippen LogP contribution in [0.5, 0.6) is 5.75 Å². The van der Waals surface area contributed by atoms with Gasteiger partial charge in [0.25, 0.3) is 5.91 Å². The van der Waals surface area contributed by atoms with Crippen molar-refractivity contribution >= 4 is 5.91 Å². The van der Waals surface area contributed by atoms with Crippen molar-refractivity contribution in [3.8, 4) is 5.75 Å². The third-order valence-electron chi connectivity index (χ3n) is 5.59. The van der Waals surface area contributed by atoms with Gasteiger partial charge in [0, 0.05) is 30.3 Å². The third kappa shape index (κ3) is 7.43. The largest absolute Gasteiger partial charge is 0.508 e. The molecule has 0 aromatic heterocycles. The Morgan fingerprint density at radius 3 is 2.48 bits per heavy atom. The lowest BCUT2D eigenvalue weighted by molar-refractivity contribution is 0.0954. The zero-order chi connectivity index (χ0) is 23.6. The van der Waals surface area contributed by atoms with Gasteiger partial charge in [-0.25, -0.2) is 0 Å². The van der Waals surface area contributed by atoms with Crippen molar-refractivity contribution in [1.82, 2.24) is 10.6 Å². The Morgan fingerprint density at radius 2 is 1.73 bits per heavy atom. The summed E-state index contributed by atoms with van der Waals surface area (Å²) in [5.41, 5.74) is 3.87. The highest BCUT2D eigenvalue weighted by Crippen LogP contribution is 2.22. The Kier molecular flexibility index (Phi) is 9.01. The molecule has 0 radical (unpaired) electrons. The van der Waals surface area contributed by atoms with Gasteiger partial charge in [0.05, 0.1) is 12.7 Å². The number of amides is 1. The van der Waals surface area contributed by atoms with E-state index >= 15 is 0 Å². The number of phenols is 1. The second kappa shape index (κ2) is 12.2. The predicted octanol–water partition coefficient (Wildman–Crippen LogP) is 3.11. The van der Waals surface area contributed by atoms with E-state index in [9.17, 15) is 20.1 Å². The van der Waals surface area contributed by atoms with Gasteiger partial charge >= 0.3 is 0 Å². The molecule has 5 N–H and O–H groups in total. The van der Waals surface area contributed by atoms with Gasteiger partial charge in [0.1, 0.15) is 5.75 Å². The molecule has 1 amide bonds. The Bertz CT molecular complexity index is 1040. The van der Waals surface area contributed by atoms with E-state index < -0.39 is 6.10 Å². The van der Waals surface area contributed by atoms with Crippen molar-refractivity contribution in [3.63, 3.8) is 0 Å². The number of nitrogens with one attached hydrogen (secondary N) is 2. The smallest absolute Gasteiger partial charge is 0.251 e. The van der Waals surface area contributed by atoms with E-state index in [-0.39, 0.29) is 24.3 Å². The normalized spacial score (nSPS) is 12.8. The molecule has 33 heavy (non-hydrogen) atoms. The first kappa shape index (κ1) is 24.5. The van der Waals surface area contributed by atoms with Crippen LogP contribution in [-0.2, 0) is 19.4 Å². The molecule has 3 aromatic rings. The molecule has 174 valence electrons. The first-order chi connectivity index (χ1) is 16.0. The van der Waals surface area contributed by atoms with E-state index in [2.05, 4.69) is 10.6 Å². The Hall–Kier alpha value is -3.19. The van der Waals surface area contributed by atoms with Crippen molar-refractivity contribution in [1.29, 1.82) is 0 Å². The highest BCUT2D eigenvalue weighted by molar-refractivity contribution is 5.94. The lowest BCUT2D eigenvalue weighted by Crippen LogP contribution is -2.32. The number of hydrogen-bond donors (Lipinski definition) is 5. The average molecular weight is 449 g/mol. The van der Waals surface area contributed by atoms with Crippen molar-refractivity contribution in [2.45, 2.75) is 38.5 Å². The summed E-state index contributed by atoms with van der Waals surface area (Å²) in [5.74, 6) is -0.0744. The van der Waals surface area contributed by atoms with Crippen LogP contribution in [0.1, 0.15) is 45.6 Å². The fraction of sp³-hybridized carbons (Fsp3) is 0.296. The molecule has 6 nitrogen and oxygen atoms in total. The number of carbonyl (C=O) groups is 1. The minimum Gasteiger partial charge on any atom is -0.508 e. The van der Waals surface area contributed by atoms with Crippen molar-refractivity contribution in [2.24, 2.45) is 0 Å². The van der Waals surface area contributed by atoms with Crippen LogP contribution in [0.4, 0.5) is 0 Å². The number of rotatable bonds is 11. The van der Waals surface area contributed by atoms with Gasteiger partial charge in [-0.1, -0.05) is 48.5 Å². The molecule has 0 aliphatic carbocycles. The molecule has 0 spiro atoms. The average Bonchev–Trinajstić information content (AvgIpc) is 2.83. The minimum absolute atomic E-state index is 0.0127. The number of hydrogen-bond acceptors (Lipinski definition) is 5. The summed E-state index contributed by atoms with van der Waals surface area (Å²) in [6.07, 6.45) is 0.728. The van der Waals surface area contributed by atoms with E-state index in [0.717, 1.165) is 12.0 Å². The lowest BCUT2D eigenvalue weighted by Gasteiger charge is -2.18. The van der Waals surface area contributed by atoms with Gasteiger partial charge in [-0.15, -0.1) is 0 Å². The van der Waals surface area contributed by atoms with Crippen molar-refractivity contribution in [2.75, 3.05) is 13.1 Å². The fourth-order valence-corrected chi connectivity index (χ4v) is 3.70. The number of carbonyl (C=O) groups excluding carboxylic acids is 1. The Balaban J connectivity index is 1.48. The van der Waals surface area contributed by atoms with E-state index in [4.69, 9.17) is 0 Å². The van der Waals surface area contributed by atoms with Crippen molar-refractivity contribution in [3.05, 3.63) is 101 Å². The second-order valence-corrected chi connectivity index (χ2v) is 8.27. The van der Waals surface area contributed by atoms with Gasteiger partial charge in [-0.05, 0) is 60.7 Å². The van der Waals surface area contributed by atoms with Gasteiger partial charge < -0.3 is 26.0 Å². The van der Waals surface area contributed by atoms with Crippen LogP contribution in [0.3, 0.4) is 0 Å². The summed E-state index contributed by atoms with van der Waals surface area (Å²) in [4.78, 5) is 12.5. The summed E-state index contributed by atoms with van der Waals surface area (Å²) in [5, 5.41) is 35.7. The monoisotopic (exact) mass is 448 g/mol. The van der Waals surface area contributed by atoms with Gasteiger partial charge in [-0.2, -0.15) is 0 Å². The second-order valence-electron chi connectivity index (χ2n) is 8.27. The molecule has 0 heterocycles. The first-order valence-corrected chi connectivity index (χ1v) is 11.2.